The predicted octanol–water partition coefficient (Wildman–Crippen LogP) is 3.87. The Morgan fingerprint density at radius 3 is 1.92 bits per heavy atom. The second-order valence-corrected chi connectivity index (χ2v) is 10.1. The van der Waals surface area contributed by atoms with Gasteiger partial charge in [-0.15, -0.1) is 0 Å². The van der Waals surface area contributed by atoms with Crippen LogP contribution in [0.2, 0.25) is 0 Å². The van der Waals surface area contributed by atoms with Crippen molar-refractivity contribution in [2.45, 2.75) is 71.7 Å². The largest absolute Gasteiger partial charge is 0.445 e. The van der Waals surface area contributed by atoms with Crippen molar-refractivity contribution < 1.29 is 23.9 Å². The summed E-state index contributed by atoms with van der Waals surface area (Å²) in [5.41, 5.74) is 7.40. The molecule has 0 saturated heterocycles. The van der Waals surface area contributed by atoms with Gasteiger partial charge in [0.05, 0.1) is 6.04 Å². The van der Waals surface area contributed by atoms with Gasteiger partial charge in [0.15, 0.2) is 0 Å². The average Bonchev–Trinajstić information content (AvgIpc) is 2.86. The van der Waals surface area contributed by atoms with E-state index in [1.165, 1.54) is 4.90 Å². The molecule has 2 rings (SSSR count). The van der Waals surface area contributed by atoms with Gasteiger partial charge < -0.3 is 25.5 Å². The van der Waals surface area contributed by atoms with Crippen molar-refractivity contribution in [2.24, 2.45) is 17.6 Å². The molecule has 0 aliphatic heterocycles. The van der Waals surface area contributed by atoms with Crippen LogP contribution in [0, 0.1) is 11.8 Å². The Hall–Kier alpha value is -3.68. The Kier molecular flexibility index (Phi) is 11.8. The molecule has 0 spiro atoms. The van der Waals surface area contributed by atoms with E-state index in [0.717, 1.165) is 11.1 Å². The molecule has 0 saturated carbocycles. The Balaban J connectivity index is 2.35. The fourth-order valence-electron chi connectivity index (χ4n) is 4.21. The summed E-state index contributed by atoms with van der Waals surface area (Å²) < 4.78 is 5.34. The number of primary amides is 1. The van der Waals surface area contributed by atoms with E-state index in [4.69, 9.17) is 10.5 Å². The SMILES string of the molecule is CC(C)C[C@H](NC(=O)OCc1ccccc1)C(=O)N([C@H](C=O)Cc1ccccc1)[C@@H](CC(C)C)C(N)=O. The number of aldehydes is 1. The lowest BCUT2D eigenvalue weighted by atomic mass is 9.95. The molecule has 0 radical (unpaired) electrons. The first-order valence-electron chi connectivity index (χ1n) is 12.7. The van der Waals surface area contributed by atoms with Crippen LogP contribution in [0.15, 0.2) is 60.7 Å². The zero-order valence-corrected chi connectivity index (χ0v) is 22.1. The lowest BCUT2D eigenvalue weighted by Gasteiger charge is -2.37. The summed E-state index contributed by atoms with van der Waals surface area (Å²) in [6.07, 6.45) is 0.701. The Morgan fingerprint density at radius 2 is 1.43 bits per heavy atom. The van der Waals surface area contributed by atoms with E-state index in [1.54, 1.807) is 0 Å². The van der Waals surface area contributed by atoms with E-state index >= 15 is 0 Å². The highest BCUT2D eigenvalue weighted by molar-refractivity contribution is 5.92. The van der Waals surface area contributed by atoms with Crippen molar-refractivity contribution in [1.29, 1.82) is 0 Å². The molecule has 2 aromatic carbocycles. The maximum Gasteiger partial charge on any atom is 0.408 e. The maximum atomic E-state index is 14.0. The van der Waals surface area contributed by atoms with Crippen molar-refractivity contribution in [1.82, 2.24) is 10.2 Å². The fraction of sp³-hybridized carbons (Fsp3) is 0.448. The van der Waals surface area contributed by atoms with Gasteiger partial charge in [0, 0.05) is 0 Å². The molecule has 0 aliphatic rings. The quantitative estimate of drug-likeness (QED) is 0.375. The molecule has 0 unspecified atom stereocenters. The van der Waals surface area contributed by atoms with Crippen LogP contribution in [0.1, 0.15) is 51.7 Å². The number of amides is 3. The number of nitrogens with one attached hydrogen (secondary N) is 1. The van der Waals surface area contributed by atoms with Crippen LogP contribution in [0.3, 0.4) is 0 Å². The Labute approximate surface area is 219 Å². The van der Waals surface area contributed by atoms with Crippen molar-refractivity contribution in [3.63, 3.8) is 0 Å². The minimum Gasteiger partial charge on any atom is -0.445 e. The average molecular weight is 510 g/mol. The monoisotopic (exact) mass is 509 g/mol. The van der Waals surface area contributed by atoms with E-state index in [0.29, 0.717) is 12.7 Å². The summed E-state index contributed by atoms with van der Waals surface area (Å²) in [6, 6.07) is 15.5. The molecule has 2 aromatic rings. The van der Waals surface area contributed by atoms with E-state index in [-0.39, 0.29) is 31.3 Å². The van der Waals surface area contributed by atoms with Crippen LogP contribution >= 0.6 is 0 Å². The number of nitrogens with zero attached hydrogens (tertiary/aromatic N) is 1. The number of carbonyl (C=O) groups is 4. The van der Waals surface area contributed by atoms with E-state index < -0.39 is 36.0 Å². The standard InChI is InChI=1S/C29H39N3O5/c1-20(2)15-25(31-29(36)37-19-23-13-9-6-10-14-23)28(35)32(26(27(30)34)16-21(3)4)24(18-33)17-22-11-7-5-8-12-22/h5-14,18,20-21,24-26H,15-17,19H2,1-4H3,(H2,30,34)(H,31,36)/t24-,25-,26-/m0/s1. The Morgan fingerprint density at radius 1 is 0.892 bits per heavy atom. The summed E-state index contributed by atoms with van der Waals surface area (Å²) in [4.78, 5) is 52.9. The van der Waals surface area contributed by atoms with E-state index in [9.17, 15) is 19.2 Å². The maximum absolute atomic E-state index is 14.0. The Bertz CT molecular complexity index is 1010. The number of alkyl carbamates (subject to hydrolysis) is 1. The summed E-state index contributed by atoms with van der Waals surface area (Å²) in [5, 5.41) is 2.67. The first kappa shape index (κ1) is 29.5. The number of hydrogen-bond acceptors (Lipinski definition) is 5. The number of rotatable bonds is 14. The van der Waals surface area contributed by atoms with Gasteiger partial charge >= 0.3 is 6.09 Å². The van der Waals surface area contributed by atoms with Gasteiger partial charge in [-0.1, -0.05) is 88.4 Å². The van der Waals surface area contributed by atoms with Crippen LogP contribution in [0.25, 0.3) is 0 Å². The van der Waals surface area contributed by atoms with Crippen LogP contribution in [-0.4, -0.2) is 47.2 Å². The van der Waals surface area contributed by atoms with Crippen molar-refractivity contribution in [3.05, 3.63) is 71.8 Å². The van der Waals surface area contributed by atoms with Crippen molar-refractivity contribution in [3.8, 4) is 0 Å². The summed E-state index contributed by atoms with van der Waals surface area (Å²) in [6.45, 7) is 7.71. The molecule has 8 heteroatoms. The van der Waals surface area contributed by atoms with Crippen LogP contribution in [0.4, 0.5) is 4.79 Å². The third-order valence-electron chi connectivity index (χ3n) is 5.93. The molecule has 3 amide bonds. The molecule has 8 nitrogen and oxygen atoms in total. The van der Waals surface area contributed by atoms with E-state index in [1.807, 2.05) is 88.4 Å². The number of benzene rings is 2. The molecule has 0 bridgehead atoms. The van der Waals surface area contributed by atoms with Gasteiger partial charge in [-0.25, -0.2) is 4.79 Å². The molecule has 3 atom stereocenters. The van der Waals surface area contributed by atoms with Gasteiger partial charge in [-0.2, -0.15) is 0 Å². The smallest absolute Gasteiger partial charge is 0.408 e. The molecule has 200 valence electrons. The highest BCUT2D eigenvalue weighted by atomic mass is 16.5. The highest BCUT2D eigenvalue weighted by Crippen LogP contribution is 2.21. The first-order chi connectivity index (χ1) is 17.6. The molecule has 37 heavy (non-hydrogen) atoms. The number of hydrogen-bond donors (Lipinski definition) is 2. The van der Waals surface area contributed by atoms with Gasteiger partial charge in [-0.05, 0) is 42.2 Å². The normalized spacial score (nSPS) is 13.5. The van der Waals surface area contributed by atoms with Crippen LogP contribution in [-0.2, 0) is 32.1 Å². The van der Waals surface area contributed by atoms with Gasteiger partial charge in [-0.3, -0.25) is 9.59 Å². The molecule has 0 heterocycles. The third kappa shape index (κ3) is 9.71. The summed E-state index contributed by atoms with van der Waals surface area (Å²) in [7, 11) is 0. The third-order valence-corrected chi connectivity index (χ3v) is 5.93. The van der Waals surface area contributed by atoms with Crippen LogP contribution < -0.4 is 11.1 Å². The molecule has 0 aliphatic carbocycles. The van der Waals surface area contributed by atoms with Gasteiger partial charge in [0.2, 0.25) is 11.8 Å². The highest BCUT2D eigenvalue weighted by Gasteiger charge is 2.38. The second-order valence-electron chi connectivity index (χ2n) is 10.1. The van der Waals surface area contributed by atoms with Crippen molar-refractivity contribution in [2.75, 3.05) is 0 Å². The molecule has 0 fully saturated rings. The fourth-order valence-corrected chi connectivity index (χ4v) is 4.21. The topological polar surface area (TPSA) is 119 Å². The summed E-state index contributed by atoms with van der Waals surface area (Å²) in [5.74, 6) is -1.17. The minimum absolute atomic E-state index is 0.0316. The molecule has 3 N–H and O–H groups in total. The van der Waals surface area contributed by atoms with Gasteiger partial charge in [0.1, 0.15) is 25.0 Å². The van der Waals surface area contributed by atoms with Crippen molar-refractivity contribution >= 4 is 24.2 Å². The number of carbonyl (C=O) groups excluding carboxylic acids is 4. The van der Waals surface area contributed by atoms with E-state index in [2.05, 4.69) is 5.32 Å². The first-order valence-corrected chi connectivity index (χ1v) is 12.7. The lowest BCUT2D eigenvalue weighted by molar-refractivity contribution is -0.146. The number of ether oxygens (including phenoxy) is 1. The molecule has 0 aromatic heterocycles. The lowest BCUT2D eigenvalue weighted by Crippen LogP contribution is -2.60. The molecular formula is C29H39N3O5. The number of nitrogens with two attached hydrogens (primary N) is 1. The van der Waals surface area contributed by atoms with Gasteiger partial charge in [0.25, 0.3) is 0 Å². The zero-order valence-electron chi connectivity index (χ0n) is 22.1. The zero-order chi connectivity index (χ0) is 27.4. The minimum atomic E-state index is -1.01. The predicted molar refractivity (Wildman–Crippen MR) is 142 cm³/mol. The summed E-state index contributed by atoms with van der Waals surface area (Å²) >= 11 is 0. The molecular weight excluding hydrogens is 470 g/mol. The van der Waals surface area contributed by atoms with Crippen LogP contribution in [0.5, 0.6) is 0 Å². The second kappa shape index (κ2) is 14.8.